The first-order chi connectivity index (χ1) is 16.4. The Labute approximate surface area is 201 Å². The molecule has 0 saturated heterocycles. The first-order valence-electron chi connectivity index (χ1n) is 12.6. The molecule has 1 aliphatic heterocycles. The van der Waals surface area contributed by atoms with E-state index in [4.69, 9.17) is 0 Å². The number of nitrogens with zero attached hydrogens (tertiary/aromatic N) is 5. The summed E-state index contributed by atoms with van der Waals surface area (Å²) in [6, 6.07) is 7.95. The third-order valence-electron chi connectivity index (χ3n) is 6.65. The lowest BCUT2D eigenvalue weighted by molar-refractivity contribution is -0.131. The molecule has 2 aliphatic rings. The molecule has 1 saturated carbocycles. The number of benzene rings is 1. The Morgan fingerprint density at radius 1 is 1.26 bits per heavy atom. The highest BCUT2D eigenvalue weighted by molar-refractivity contribution is 6.00. The molecule has 184 valence electrons. The molecule has 2 amide bonds. The van der Waals surface area contributed by atoms with Crippen LogP contribution in [0.3, 0.4) is 0 Å². The lowest BCUT2D eigenvalue weighted by Gasteiger charge is -2.27. The van der Waals surface area contributed by atoms with Crippen LogP contribution in [0, 0.1) is 17.8 Å². The number of hydrogen-bond acceptors (Lipinski definition) is 6. The predicted octanol–water partition coefficient (Wildman–Crippen LogP) is 2.84. The van der Waals surface area contributed by atoms with Crippen molar-refractivity contribution in [2.75, 3.05) is 11.4 Å². The summed E-state index contributed by atoms with van der Waals surface area (Å²) >= 11 is 0. The maximum atomic E-state index is 13.7. The van der Waals surface area contributed by atoms with Gasteiger partial charge in [0.25, 0.3) is 5.91 Å². The average Bonchev–Trinajstić information content (AvgIpc) is 3.55. The van der Waals surface area contributed by atoms with Crippen molar-refractivity contribution in [3.05, 3.63) is 35.7 Å². The van der Waals surface area contributed by atoms with Crippen molar-refractivity contribution < 1.29 is 9.59 Å². The largest absolute Gasteiger partial charge is 0.332 e. The monoisotopic (exact) mass is 467 g/mol. The normalized spacial score (nSPS) is 21.3. The maximum absolute atomic E-state index is 13.7. The van der Waals surface area contributed by atoms with Crippen LogP contribution in [-0.4, -0.2) is 44.7 Å². The van der Waals surface area contributed by atoms with E-state index < -0.39 is 6.17 Å². The van der Waals surface area contributed by atoms with Crippen LogP contribution in [0.4, 0.5) is 5.69 Å². The van der Waals surface area contributed by atoms with Crippen molar-refractivity contribution in [1.82, 2.24) is 30.8 Å². The van der Waals surface area contributed by atoms with Gasteiger partial charge in [-0.1, -0.05) is 39.0 Å². The smallest absolute Gasteiger partial charge is 0.264 e. The summed E-state index contributed by atoms with van der Waals surface area (Å²) in [5, 5.41) is 18.5. The van der Waals surface area contributed by atoms with Crippen molar-refractivity contribution in [1.29, 1.82) is 0 Å². The topological polar surface area (TPSA) is 105 Å². The fraction of sp³-hybridized carbons (Fsp3) is 0.640. The van der Waals surface area contributed by atoms with Crippen LogP contribution in [0.15, 0.2) is 24.3 Å². The van der Waals surface area contributed by atoms with Crippen LogP contribution in [0.2, 0.25) is 0 Å². The Balaban J connectivity index is 1.54. The molecule has 1 fully saturated rings. The highest BCUT2D eigenvalue weighted by Crippen LogP contribution is 2.35. The maximum Gasteiger partial charge on any atom is 0.264 e. The van der Waals surface area contributed by atoms with E-state index in [1.165, 1.54) is 0 Å². The van der Waals surface area contributed by atoms with Gasteiger partial charge in [-0.2, -0.15) is 0 Å². The molecule has 3 unspecified atom stereocenters. The van der Waals surface area contributed by atoms with Crippen LogP contribution >= 0.6 is 0 Å². The van der Waals surface area contributed by atoms with Crippen molar-refractivity contribution >= 4 is 17.5 Å². The van der Waals surface area contributed by atoms with Gasteiger partial charge in [-0.25, -0.2) is 4.68 Å². The second kappa shape index (κ2) is 10.6. The number of aryl methyl sites for hydroxylation is 1. The third kappa shape index (κ3) is 5.63. The third-order valence-corrected chi connectivity index (χ3v) is 6.65. The number of fused-ring (bicyclic) bond motifs is 1. The van der Waals surface area contributed by atoms with Gasteiger partial charge in [0.05, 0.1) is 0 Å². The fourth-order valence-corrected chi connectivity index (χ4v) is 4.72. The lowest BCUT2D eigenvalue weighted by Crippen LogP contribution is -2.56. The molecular formula is C25H37N7O2. The summed E-state index contributed by atoms with van der Waals surface area (Å²) in [6.07, 6.45) is 3.56. The molecule has 4 rings (SSSR count). The second-order valence-corrected chi connectivity index (χ2v) is 10.1. The molecule has 1 aromatic heterocycles. The Kier molecular flexibility index (Phi) is 7.60. The molecule has 9 heteroatoms. The van der Waals surface area contributed by atoms with E-state index in [-0.39, 0.29) is 23.8 Å². The summed E-state index contributed by atoms with van der Waals surface area (Å²) in [5.41, 5.74) is 2.01. The Bertz CT molecular complexity index is 1000. The molecule has 0 bridgehead atoms. The first kappa shape index (κ1) is 24.3. The number of aromatic nitrogens is 4. The molecule has 1 aliphatic carbocycles. The highest BCUT2D eigenvalue weighted by Gasteiger charge is 2.37. The molecule has 9 nitrogen and oxygen atoms in total. The van der Waals surface area contributed by atoms with E-state index in [9.17, 15) is 9.59 Å². The van der Waals surface area contributed by atoms with E-state index in [0.29, 0.717) is 43.6 Å². The standard InChI is InChI=1S/C25H37N7O2/c1-5-12-32-22(28-29-30-32)14-19(13-16(2)3)24(33)27-23-25(34)31(15-18-10-11-18)21-9-7-6-8-20(21)17(4)26-23/h6-9,16-19,23,26H,5,10-15H2,1-4H3,(H,27,33). The molecule has 3 atom stereocenters. The highest BCUT2D eigenvalue weighted by atomic mass is 16.2. The summed E-state index contributed by atoms with van der Waals surface area (Å²) in [7, 11) is 0. The zero-order valence-electron chi connectivity index (χ0n) is 20.7. The van der Waals surface area contributed by atoms with Crippen LogP contribution < -0.4 is 15.5 Å². The summed E-state index contributed by atoms with van der Waals surface area (Å²) in [5.74, 6) is 0.991. The Morgan fingerprint density at radius 3 is 2.74 bits per heavy atom. The van der Waals surface area contributed by atoms with Gasteiger partial charge in [-0.05, 0) is 66.5 Å². The predicted molar refractivity (Wildman–Crippen MR) is 130 cm³/mol. The number of rotatable bonds is 10. The van der Waals surface area contributed by atoms with E-state index >= 15 is 0 Å². The SMILES string of the molecule is CCCn1nnnc1CC(CC(C)C)C(=O)NC1NC(C)c2ccccc2N(CC2CC2)C1=O. The van der Waals surface area contributed by atoms with Gasteiger partial charge in [-0.3, -0.25) is 14.9 Å². The number of tetrazole rings is 1. The summed E-state index contributed by atoms with van der Waals surface area (Å²) in [6.45, 7) is 9.71. The number of carbonyl (C=O) groups is 2. The molecule has 34 heavy (non-hydrogen) atoms. The first-order valence-corrected chi connectivity index (χ1v) is 12.6. The average molecular weight is 468 g/mol. The van der Waals surface area contributed by atoms with Crippen LogP contribution in [0.1, 0.15) is 70.8 Å². The van der Waals surface area contributed by atoms with Crippen molar-refractivity contribution in [3.8, 4) is 0 Å². The van der Waals surface area contributed by atoms with Gasteiger partial charge in [0.2, 0.25) is 5.91 Å². The van der Waals surface area contributed by atoms with Crippen LogP contribution in [0.25, 0.3) is 0 Å². The van der Waals surface area contributed by atoms with E-state index in [0.717, 1.165) is 30.5 Å². The van der Waals surface area contributed by atoms with Crippen LogP contribution in [-0.2, 0) is 22.6 Å². The number of carbonyl (C=O) groups excluding carboxylic acids is 2. The molecule has 0 spiro atoms. The number of hydrogen-bond donors (Lipinski definition) is 2. The van der Waals surface area contributed by atoms with E-state index in [1.807, 2.05) is 30.0 Å². The number of anilines is 1. The van der Waals surface area contributed by atoms with Gasteiger partial charge in [0.1, 0.15) is 0 Å². The summed E-state index contributed by atoms with van der Waals surface area (Å²) in [4.78, 5) is 29.1. The minimum Gasteiger partial charge on any atom is -0.332 e. The van der Waals surface area contributed by atoms with Gasteiger partial charge < -0.3 is 10.2 Å². The Hall–Kier alpha value is -2.81. The van der Waals surface area contributed by atoms with E-state index in [2.05, 4.69) is 53.0 Å². The minimum absolute atomic E-state index is 0.0740. The van der Waals surface area contributed by atoms with Gasteiger partial charge in [-0.15, -0.1) is 5.10 Å². The van der Waals surface area contributed by atoms with Crippen molar-refractivity contribution in [2.45, 2.75) is 78.6 Å². The molecule has 2 N–H and O–H groups in total. The van der Waals surface area contributed by atoms with Crippen LogP contribution in [0.5, 0.6) is 0 Å². The van der Waals surface area contributed by atoms with Crippen molar-refractivity contribution in [2.24, 2.45) is 17.8 Å². The lowest BCUT2D eigenvalue weighted by atomic mass is 9.93. The molecular weight excluding hydrogens is 430 g/mol. The zero-order chi connectivity index (χ0) is 24.2. The fourth-order valence-electron chi connectivity index (χ4n) is 4.72. The molecule has 2 heterocycles. The van der Waals surface area contributed by atoms with Gasteiger partial charge >= 0.3 is 0 Å². The van der Waals surface area contributed by atoms with Crippen molar-refractivity contribution in [3.63, 3.8) is 0 Å². The number of para-hydroxylation sites is 1. The molecule has 0 radical (unpaired) electrons. The van der Waals surface area contributed by atoms with Gasteiger partial charge in [0.15, 0.2) is 12.0 Å². The zero-order valence-corrected chi connectivity index (χ0v) is 20.7. The number of nitrogens with one attached hydrogen (secondary N) is 2. The van der Waals surface area contributed by atoms with E-state index in [1.54, 1.807) is 4.68 Å². The summed E-state index contributed by atoms with van der Waals surface area (Å²) < 4.78 is 1.77. The molecule has 1 aromatic carbocycles. The Morgan fingerprint density at radius 2 is 2.03 bits per heavy atom. The minimum atomic E-state index is -0.782. The van der Waals surface area contributed by atoms with Gasteiger partial charge in [0, 0.05) is 37.2 Å². The molecule has 2 aromatic rings. The quantitative estimate of drug-likeness (QED) is 0.557. The number of amides is 2. The second-order valence-electron chi connectivity index (χ2n) is 10.1.